The number of halogens is 1. The van der Waals surface area contributed by atoms with Gasteiger partial charge in [0.25, 0.3) is 0 Å². The van der Waals surface area contributed by atoms with Gasteiger partial charge in [-0.15, -0.1) is 11.8 Å². The van der Waals surface area contributed by atoms with Crippen LogP contribution in [0.4, 0.5) is 0 Å². The summed E-state index contributed by atoms with van der Waals surface area (Å²) < 4.78 is 0. The van der Waals surface area contributed by atoms with Gasteiger partial charge in [0.2, 0.25) is 0 Å². The van der Waals surface area contributed by atoms with E-state index in [4.69, 9.17) is 11.6 Å². The van der Waals surface area contributed by atoms with Crippen molar-refractivity contribution in [2.45, 2.75) is 24.3 Å². The molecule has 0 aliphatic rings. The maximum Gasteiger partial charge on any atom is 0.0406 e. The van der Waals surface area contributed by atoms with Crippen molar-refractivity contribution in [3.05, 3.63) is 64.7 Å². The molecule has 20 heavy (non-hydrogen) atoms. The highest BCUT2D eigenvalue weighted by Gasteiger charge is 2.11. The molecular formula is C17H20ClNS. The van der Waals surface area contributed by atoms with Crippen molar-refractivity contribution in [2.75, 3.05) is 12.8 Å². The van der Waals surface area contributed by atoms with Gasteiger partial charge in [0.15, 0.2) is 0 Å². The molecule has 0 fully saturated rings. The van der Waals surface area contributed by atoms with Crippen molar-refractivity contribution in [3.8, 4) is 0 Å². The first-order chi connectivity index (χ1) is 9.72. The Hall–Kier alpha value is -0.960. The molecule has 0 spiro atoms. The van der Waals surface area contributed by atoms with E-state index in [-0.39, 0.29) is 0 Å². The SMILES string of the molecule is CCNC(Cc1ccc(Cl)cc1)c1ccc(SC)cc1. The lowest BCUT2D eigenvalue weighted by atomic mass is 9.99. The number of hydrogen-bond acceptors (Lipinski definition) is 2. The third-order valence-corrected chi connectivity index (χ3v) is 4.32. The van der Waals surface area contributed by atoms with Gasteiger partial charge >= 0.3 is 0 Å². The van der Waals surface area contributed by atoms with E-state index in [9.17, 15) is 0 Å². The van der Waals surface area contributed by atoms with Crippen LogP contribution in [-0.2, 0) is 6.42 Å². The molecule has 0 aromatic heterocycles. The average Bonchev–Trinajstić information content (AvgIpc) is 2.49. The Kier molecular flexibility index (Phi) is 5.96. The Morgan fingerprint density at radius 2 is 1.70 bits per heavy atom. The van der Waals surface area contributed by atoms with Gasteiger partial charge in [0, 0.05) is 16.0 Å². The summed E-state index contributed by atoms with van der Waals surface area (Å²) in [5.74, 6) is 0. The van der Waals surface area contributed by atoms with Crippen LogP contribution in [0, 0.1) is 0 Å². The van der Waals surface area contributed by atoms with Gasteiger partial charge in [-0.05, 0) is 54.6 Å². The van der Waals surface area contributed by atoms with Crippen LogP contribution in [0.15, 0.2) is 53.4 Å². The Balaban J connectivity index is 2.14. The summed E-state index contributed by atoms with van der Waals surface area (Å²) in [7, 11) is 0. The second-order valence-corrected chi connectivity index (χ2v) is 6.03. The lowest BCUT2D eigenvalue weighted by Crippen LogP contribution is -2.22. The second-order valence-electron chi connectivity index (χ2n) is 4.71. The van der Waals surface area contributed by atoms with E-state index in [1.807, 2.05) is 12.1 Å². The highest BCUT2D eigenvalue weighted by Crippen LogP contribution is 2.22. The molecule has 1 N–H and O–H groups in total. The van der Waals surface area contributed by atoms with Crippen LogP contribution >= 0.6 is 23.4 Å². The predicted molar refractivity (Wildman–Crippen MR) is 89.8 cm³/mol. The summed E-state index contributed by atoms with van der Waals surface area (Å²) in [6.45, 7) is 3.10. The molecule has 0 aliphatic carbocycles. The topological polar surface area (TPSA) is 12.0 Å². The van der Waals surface area contributed by atoms with Crippen molar-refractivity contribution >= 4 is 23.4 Å². The predicted octanol–water partition coefficient (Wildman–Crippen LogP) is 4.96. The zero-order valence-electron chi connectivity index (χ0n) is 11.9. The molecule has 1 atom stereocenters. The van der Waals surface area contributed by atoms with Gasteiger partial charge in [0.05, 0.1) is 0 Å². The molecule has 2 aromatic carbocycles. The van der Waals surface area contributed by atoms with E-state index >= 15 is 0 Å². The number of rotatable bonds is 6. The fourth-order valence-electron chi connectivity index (χ4n) is 2.25. The second kappa shape index (κ2) is 7.72. The van der Waals surface area contributed by atoms with Crippen LogP contribution in [0.2, 0.25) is 5.02 Å². The fourth-order valence-corrected chi connectivity index (χ4v) is 2.78. The largest absolute Gasteiger partial charge is 0.310 e. The van der Waals surface area contributed by atoms with Gasteiger partial charge in [0.1, 0.15) is 0 Å². The standard InChI is InChI=1S/C17H20ClNS/c1-3-19-17(12-13-4-8-15(18)9-5-13)14-6-10-16(20-2)11-7-14/h4-11,17,19H,3,12H2,1-2H3. The van der Waals surface area contributed by atoms with Crippen LogP contribution in [0.5, 0.6) is 0 Å². The Labute approximate surface area is 130 Å². The van der Waals surface area contributed by atoms with Crippen LogP contribution in [0.1, 0.15) is 24.1 Å². The van der Waals surface area contributed by atoms with E-state index in [0.29, 0.717) is 6.04 Å². The third kappa shape index (κ3) is 4.27. The summed E-state index contributed by atoms with van der Waals surface area (Å²) >= 11 is 7.71. The summed E-state index contributed by atoms with van der Waals surface area (Å²) in [5.41, 5.74) is 2.63. The van der Waals surface area contributed by atoms with Crippen LogP contribution in [0.3, 0.4) is 0 Å². The van der Waals surface area contributed by atoms with E-state index in [0.717, 1.165) is 18.0 Å². The Bertz CT molecular complexity index is 522. The normalized spacial score (nSPS) is 12.3. The molecule has 2 rings (SSSR count). The molecule has 0 bridgehead atoms. The Morgan fingerprint density at radius 1 is 1.05 bits per heavy atom. The van der Waals surface area contributed by atoms with Crippen molar-refractivity contribution in [1.82, 2.24) is 5.32 Å². The first kappa shape index (κ1) is 15.4. The molecule has 0 heterocycles. The van der Waals surface area contributed by atoms with Crippen LogP contribution in [-0.4, -0.2) is 12.8 Å². The number of hydrogen-bond donors (Lipinski definition) is 1. The van der Waals surface area contributed by atoms with Gasteiger partial charge < -0.3 is 5.32 Å². The minimum absolute atomic E-state index is 0.345. The molecule has 3 heteroatoms. The smallest absolute Gasteiger partial charge is 0.0406 e. The van der Waals surface area contributed by atoms with Crippen molar-refractivity contribution in [2.24, 2.45) is 0 Å². The number of benzene rings is 2. The molecular weight excluding hydrogens is 286 g/mol. The van der Waals surface area contributed by atoms with Gasteiger partial charge in [-0.1, -0.05) is 42.8 Å². The van der Waals surface area contributed by atoms with Gasteiger partial charge in [-0.2, -0.15) is 0 Å². The van der Waals surface area contributed by atoms with Crippen molar-refractivity contribution in [3.63, 3.8) is 0 Å². The zero-order valence-corrected chi connectivity index (χ0v) is 13.5. The maximum absolute atomic E-state index is 5.94. The molecule has 0 saturated carbocycles. The monoisotopic (exact) mass is 305 g/mol. The molecule has 2 aromatic rings. The summed E-state index contributed by atoms with van der Waals surface area (Å²) in [5, 5.41) is 4.35. The molecule has 0 radical (unpaired) electrons. The molecule has 106 valence electrons. The van der Waals surface area contributed by atoms with E-state index < -0.39 is 0 Å². The summed E-state index contributed by atoms with van der Waals surface area (Å²) in [6, 6.07) is 17.3. The highest BCUT2D eigenvalue weighted by molar-refractivity contribution is 7.98. The minimum atomic E-state index is 0.345. The quantitative estimate of drug-likeness (QED) is 0.757. The van der Waals surface area contributed by atoms with E-state index in [1.54, 1.807) is 11.8 Å². The lowest BCUT2D eigenvalue weighted by molar-refractivity contribution is 0.549. The first-order valence-electron chi connectivity index (χ1n) is 6.84. The van der Waals surface area contributed by atoms with Gasteiger partial charge in [-0.25, -0.2) is 0 Å². The van der Waals surface area contributed by atoms with Crippen LogP contribution < -0.4 is 5.32 Å². The lowest BCUT2D eigenvalue weighted by Gasteiger charge is -2.19. The minimum Gasteiger partial charge on any atom is -0.310 e. The molecule has 0 saturated heterocycles. The van der Waals surface area contributed by atoms with Gasteiger partial charge in [-0.3, -0.25) is 0 Å². The third-order valence-electron chi connectivity index (χ3n) is 3.32. The molecule has 1 unspecified atom stereocenters. The summed E-state index contributed by atoms with van der Waals surface area (Å²) in [4.78, 5) is 1.30. The van der Waals surface area contributed by atoms with Crippen molar-refractivity contribution in [1.29, 1.82) is 0 Å². The Morgan fingerprint density at radius 3 is 2.25 bits per heavy atom. The first-order valence-corrected chi connectivity index (χ1v) is 8.45. The fraction of sp³-hybridized carbons (Fsp3) is 0.294. The number of thioether (sulfide) groups is 1. The average molecular weight is 306 g/mol. The highest BCUT2D eigenvalue weighted by atomic mass is 35.5. The zero-order chi connectivity index (χ0) is 14.4. The number of nitrogens with one attached hydrogen (secondary N) is 1. The molecule has 0 amide bonds. The van der Waals surface area contributed by atoms with Crippen LogP contribution in [0.25, 0.3) is 0 Å². The maximum atomic E-state index is 5.94. The molecule has 1 nitrogen and oxygen atoms in total. The van der Waals surface area contributed by atoms with E-state index in [2.05, 4.69) is 54.9 Å². The summed E-state index contributed by atoms with van der Waals surface area (Å²) in [6.07, 6.45) is 3.08. The van der Waals surface area contributed by atoms with E-state index in [1.165, 1.54) is 16.0 Å². The van der Waals surface area contributed by atoms with Crippen molar-refractivity contribution < 1.29 is 0 Å². The number of likely N-dealkylation sites (N-methyl/N-ethyl adjacent to an activating group) is 1. The molecule has 0 aliphatic heterocycles.